The minimum absolute atomic E-state index is 0.229. The molecule has 3 aromatic rings. The summed E-state index contributed by atoms with van der Waals surface area (Å²) in [6.45, 7) is -0.547. The van der Waals surface area contributed by atoms with Gasteiger partial charge in [-0.15, -0.1) is 0 Å². The van der Waals surface area contributed by atoms with E-state index in [-0.39, 0.29) is 11.4 Å². The summed E-state index contributed by atoms with van der Waals surface area (Å²) >= 11 is 0. The molecule has 0 bridgehead atoms. The van der Waals surface area contributed by atoms with Crippen molar-refractivity contribution in [3.63, 3.8) is 0 Å². The highest BCUT2D eigenvalue weighted by Crippen LogP contribution is 2.34. The molecule has 0 aliphatic heterocycles. The van der Waals surface area contributed by atoms with Crippen LogP contribution in [0, 0.1) is 0 Å². The second-order valence-corrected chi connectivity index (χ2v) is 7.33. The summed E-state index contributed by atoms with van der Waals surface area (Å²) in [6.07, 6.45) is -3.38. The Morgan fingerprint density at radius 3 is 2.32 bits per heavy atom. The third kappa shape index (κ3) is 8.09. The molecule has 37 heavy (non-hydrogen) atoms. The maximum absolute atomic E-state index is 13.1. The Morgan fingerprint density at radius 2 is 1.62 bits per heavy atom. The molecule has 0 heterocycles. The second kappa shape index (κ2) is 12.2. The van der Waals surface area contributed by atoms with Crippen LogP contribution in [0.4, 0.5) is 24.5 Å². The summed E-state index contributed by atoms with van der Waals surface area (Å²) in [5.74, 6) is -1.91. The average Bonchev–Trinajstić information content (AvgIpc) is 2.88. The monoisotopic (exact) mass is 514 g/mol. The Hall–Kier alpha value is -4.87. The van der Waals surface area contributed by atoms with Crippen molar-refractivity contribution in [2.75, 3.05) is 24.4 Å². The molecule has 3 aromatic carbocycles. The number of hydrogen-bond donors (Lipinski definition) is 3. The van der Waals surface area contributed by atoms with Gasteiger partial charge in [-0.05, 0) is 54.1 Å². The first-order valence-electron chi connectivity index (χ1n) is 10.6. The molecule has 192 valence electrons. The first-order chi connectivity index (χ1) is 17.7. The van der Waals surface area contributed by atoms with Gasteiger partial charge in [0.1, 0.15) is 11.5 Å². The predicted octanol–water partition coefficient (Wildman–Crippen LogP) is 3.82. The molecule has 12 heteroatoms. The topological polar surface area (TPSA) is 118 Å². The van der Waals surface area contributed by atoms with Gasteiger partial charge in [0.15, 0.2) is 6.61 Å². The molecule has 0 aliphatic rings. The number of para-hydroxylation sites is 1. The van der Waals surface area contributed by atoms with E-state index in [0.717, 1.165) is 12.1 Å². The fraction of sp³-hybridized carbons (Fsp3) is 0.120. The van der Waals surface area contributed by atoms with Crippen LogP contribution in [-0.2, 0) is 20.6 Å². The third-order valence-corrected chi connectivity index (χ3v) is 4.67. The molecular formula is C25H21F3N4O5. The molecule has 9 nitrogen and oxygen atoms in total. The van der Waals surface area contributed by atoms with Crippen molar-refractivity contribution >= 4 is 35.3 Å². The number of hydrazone groups is 1. The van der Waals surface area contributed by atoms with E-state index in [1.54, 1.807) is 36.4 Å². The number of alkyl halides is 3. The minimum atomic E-state index is -4.62. The molecule has 3 amide bonds. The first kappa shape index (κ1) is 26.7. The number of carbonyl (C=O) groups excluding carboxylic acids is 3. The third-order valence-electron chi connectivity index (χ3n) is 4.67. The Kier molecular flexibility index (Phi) is 8.81. The van der Waals surface area contributed by atoms with Crippen LogP contribution >= 0.6 is 0 Å². The highest BCUT2D eigenvalue weighted by molar-refractivity contribution is 6.39. The lowest BCUT2D eigenvalue weighted by Crippen LogP contribution is -2.32. The standard InChI is InChI=1S/C25H21F3N4O5/c1-36-18-11-9-17(10-12-18)30-23(34)24(35)32-29-14-16-5-4-6-19(13-16)37-15-22(33)31-21-8-3-2-7-20(21)25(26,27)28/h2-14H,15H2,1H3,(H,30,34)(H,31,33)(H,32,35)/b29-14-. The fourth-order valence-electron chi connectivity index (χ4n) is 2.94. The van der Waals surface area contributed by atoms with Crippen molar-refractivity contribution in [3.05, 3.63) is 83.9 Å². The summed E-state index contributed by atoms with van der Waals surface area (Å²) in [5.41, 5.74) is 1.58. The van der Waals surface area contributed by atoms with E-state index in [4.69, 9.17) is 9.47 Å². The van der Waals surface area contributed by atoms with Crippen LogP contribution in [0.1, 0.15) is 11.1 Å². The van der Waals surface area contributed by atoms with Crippen LogP contribution in [0.5, 0.6) is 11.5 Å². The molecule has 0 aromatic heterocycles. The lowest BCUT2D eigenvalue weighted by molar-refractivity contribution is -0.137. The van der Waals surface area contributed by atoms with E-state index in [2.05, 4.69) is 21.2 Å². The lowest BCUT2D eigenvalue weighted by atomic mass is 10.1. The summed E-state index contributed by atoms with van der Waals surface area (Å²) < 4.78 is 49.6. The van der Waals surface area contributed by atoms with Crippen LogP contribution < -0.4 is 25.5 Å². The van der Waals surface area contributed by atoms with Gasteiger partial charge in [-0.25, -0.2) is 5.43 Å². The summed E-state index contributed by atoms with van der Waals surface area (Å²) in [5, 5.41) is 8.30. The van der Waals surface area contributed by atoms with E-state index >= 15 is 0 Å². The molecule has 0 unspecified atom stereocenters. The summed E-state index contributed by atoms with van der Waals surface area (Å²) in [6, 6.07) is 17.1. The van der Waals surface area contributed by atoms with Crippen LogP contribution in [0.15, 0.2) is 77.9 Å². The van der Waals surface area contributed by atoms with Crippen LogP contribution in [0.2, 0.25) is 0 Å². The van der Waals surface area contributed by atoms with Gasteiger partial charge in [-0.1, -0.05) is 24.3 Å². The van der Waals surface area contributed by atoms with Crippen molar-refractivity contribution in [3.8, 4) is 11.5 Å². The van der Waals surface area contributed by atoms with Gasteiger partial charge in [-0.3, -0.25) is 14.4 Å². The maximum atomic E-state index is 13.1. The quantitative estimate of drug-likeness (QED) is 0.240. The fourth-order valence-corrected chi connectivity index (χ4v) is 2.94. The number of rotatable bonds is 8. The van der Waals surface area contributed by atoms with Gasteiger partial charge < -0.3 is 20.1 Å². The van der Waals surface area contributed by atoms with Crippen molar-refractivity contribution in [1.82, 2.24) is 5.43 Å². The molecule has 0 radical (unpaired) electrons. The van der Waals surface area contributed by atoms with Gasteiger partial charge in [0.25, 0.3) is 5.91 Å². The molecule has 0 aliphatic carbocycles. The molecular weight excluding hydrogens is 493 g/mol. The van der Waals surface area contributed by atoms with E-state index < -0.39 is 36.1 Å². The van der Waals surface area contributed by atoms with Crippen molar-refractivity contribution in [1.29, 1.82) is 0 Å². The maximum Gasteiger partial charge on any atom is 0.418 e. The van der Waals surface area contributed by atoms with Crippen molar-refractivity contribution in [2.24, 2.45) is 5.10 Å². The predicted molar refractivity (Wildman–Crippen MR) is 129 cm³/mol. The van der Waals surface area contributed by atoms with Gasteiger partial charge in [0.05, 0.1) is 24.6 Å². The zero-order valence-corrected chi connectivity index (χ0v) is 19.3. The summed E-state index contributed by atoms with van der Waals surface area (Å²) in [7, 11) is 1.50. The number of ether oxygens (including phenoxy) is 2. The Morgan fingerprint density at radius 1 is 0.892 bits per heavy atom. The zero-order valence-electron chi connectivity index (χ0n) is 19.3. The van der Waals surface area contributed by atoms with Crippen LogP contribution in [0.25, 0.3) is 0 Å². The molecule has 3 rings (SSSR count). The number of anilines is 2. The number of amides is 3. The molecule has 0 fully saturated rings. The Balaban J connectivity index is 1.50. The minimum Gasteiger partial charge on any atom is -0.497 e. The van der Waals surface area contributed by atoms with Gasteiger partial charge >= 0.3 is 18.0 Å². The normalized spacial score (nSPS) is 11.0. The largest absolute Gasteiger partial charge is 0.497 e. The van der Waals surface area contributed by atoms with Gasteiger partial charge in [0, 0.05) is 5.69 Å². The number of nitrogens with zero attached hydrogens (tertiary/aromatic N) is 1. The average molecular weight is 514 g/mol. The van der Waals surface area contributed by atoms with E-state index in [1.165, 1.54) is 37.6 Å². The number of halogens is 3. The van der Waals surface area contributed by atoms with Crippen LogP contribution in [0.3, 0.4) is 0 Å². The first-order valence-corrected chi connectivity index (χ1v) is 10.6. The zero-order chi connectivity index (χ0) is 26.8. The second-order valence-electron chi connectivity index (χ2n) is 7.33. The Bertz CT molecular complexity index is 1290. The van der Waals surface area contributed by atoms with Crippen molar-refractivity contribution < 1.29 is 37.0 Å². The highest BCUT2D eigenvalue weighted by atomic mass is 19.4. The van der Waals surface area contributed by atoms with Crippen molar-refractivity contribution in [2.45, 2.75) is 6.18 Å². The molecule has 0 spiro atoms. The SMILES string of the molecule is COc1ccc(NC(=O)C(=O)N/N=C\c2cccc(OCC(=O)Nc3ccccc3C(F)(F)F)c2)cc1. The molecule has 3 N–H and O–H groups in total. The van der Waals surface area contributed by atoms with E-state index in [9.17, 15) is 27.6 Å². The number of carbonyl (C=O) groups is 3. The Labute approximate surface area is 209 Å². The lowest BCUT2D eigenvalue weighted by Gasteiger charge is -2.13. The molecule has 0 saturated carbocycles. The summed E-state index contributed by atoms with van der Waals surface area (Å²) in [4.78, 5) is 36.0. The molecule has 0 atom stereocenters. The van der Waals surface area contributed by atoms with E-state index in [1.807, 2.05) is 0 Å². The number of nitrogens with one attached hydrogen (secondary N) is 3. The molecule has 0 saturated heterocycles. The van der Waals surface area contributed by atoms with Crippen LogP contribution in [-0.4, -0.2) is 37.7 Å². The number of hydrogen-bond acceptors (Lipinski definition) is 6. The number of benzene rings is 3. The number of methoxy groups -OCH3 is 1. The highest BCUT2D eigenvalue weighted by Gasteiger charge is 2.33. The van der Waals surface area contributed by atoms with Gasteiger partial charge in [-0.2, -0.15) is 18.3 Å². The van der Waals surface area contributed by atoms with Gasteiger partial charge in [0.2, 0.25) is 0 Å². The van der Waals surface area contributed by atoms with E-state index in [0.29, 0.717) is 17.0 Å². The smallest absolute Gasteiger partial charge is 0.418 e.